The van der Waals surface area contributed by atoms with E-state index in [1.165, 1.54) is 0 Å². The van der Waals surface area contributed by atoms with Crippen molar-refractivity contribution in [1.82, 2.24) is 24.9 Å². The molecule has 1 fully saturated rings. The van der Waals surface area contributed by atoms with E-state index in [9.17, 15) is 9.59 Å². The molecule has 0 radical (unpaired) electrons. The number of carbonyl (C=O) groups is 2. The summed E-state index contributed by atoms with van der Waals surface area (Å²) in [6.45, 7) is 10.8. The van der Waals surface area contributed by atoms with E-state index in [-0.39, 0.29) is 43.2 Å². The van der Waals surface area contributed by atoms with Gasteiger partial charge in [0.25, 0.3) is 5.91 Å². The van der Waals surface area contributed by atoms with Gasteiger partial charge < -0.3 is 34.3 Å². The number of hydrogen-bond donors (Lipinski definition) is 2. The fraction of sp³-hybridized carbons (Fsp3) is 0.667. The fourth-order valence-corrected chi connectivity index (χ4v) is 4.78. The maximum Gasteiger partial charge on any atom is 0.407 e. The van der Waals surface area contributed by atoms with E-state index in [1.54, 1.807) is 17.9 Å². The van der Waals surface area contributed by atoms with Crippen molar-refractivity contribution in [2.75, 3.05) is 52.1 Å². The van der Waals surface area contributed by atoms with Crippen molar-refractivity contribution in [2.45, 2.75) is 84.2 Å². The van der Waals surface area contributed by atoms with Gasteiger partial charge in [-0.3, -0.25) is 9.48 Å². The van der Waals surface area contributed by atoms with Crippen molar-refractivity contribution in [3.63, 3.8) is 0 Å². The van der Waals surface area contributed by atoms with Crippen LogP contribution < -0.4 is 10.6 Å². The van der Waals surface area contributed by atoms with E-state index in [1.807, 2.05) is 38.4 Å². The van der Waals surface area contributed by atoms with Gasteiger partial charge in [0, 0.05) is 31.2 Å². The third kappa shape index (κ3) is 11.0. The molecule has 2 atom stereocenters. The molecule has 2 N–H and O–H groups in total. The molecule has 0 aromatic carbocycles. The molecule has 2 heterocycles. The van der Waals surface area contributed by atoms with Crippen LogP contribution in [0.2, 0.25) is 0 Å². The minimum Gasteiger partial charge on any atom is -0.446 e. The average molecular weight is 603 g/mol. The Labute approximate surface area is 253 Å². The van der Waals surface area contributed by atoms with Crippen LogP contribution in [0.3, 0.4) is 0 Å². The quantitative estimate of drug-likeness (QED) is 0.194. The van der Waals surface area contributed by atoms with Crippen LogP contribution in [0.4, 0.5) is 10.6 Å². The highest BCUT2D eigenvalue weighted by atomic mass is 16.6. The summed E-state index contributed by atoms with van der Waals surface area (Å²) in [5.74, 6) is 2.82. The number of carbonyl (C=O) groups excluding carboxylic acids is 2. The van der Waals surface area contributed by atoms with E-state index in [0.717, 1.165) is 18.5 Å². The van der Waals surface area contributed by atoms with Crippen LogP contribution in [0.15, 0.2) is 12.1 Å². The molecule has 0 unspecified atom stereocenters. The van der Waals surface area contributed by atoms with E-state index in [0.29, 0.717) is 63.2 Å². The van der Waals surface area contributed by atoms with Gasteiger partial charge in [0.1, 0.15) is 24.2 Å². The summed E-state index contributed by atoms with van der Waals surface area (Å²) in [7, 11) is 1.58. The summed E-state index contributed by atoms with van der Waals surface area (Å²) >= 11 is 0. The molecule has 43 heavy (non-hydrogen) atoms. The van der Waals surface area contributed by atoms with Crippen LogP contribution in [0, 0.1) is 12.3 Å². The minimum absolute atomic E-state index is 0.0162. The summed E-state index contributed by atoms with van der Waals surface area (Å²) in [6, 6.07) is 3.66. The Morgan fingerprint density at radius 2 is 1.77 bits per heavy atom. The number of aromatic nitrogens is 4. The average Bonchev–Trinajstić information content (AvgIpc) is 3.68. The molecule has 238 valence electrons. The number of methoxy groups -OCH3 is 1. The Morgan fingerprint density at radius 1 is 1.05 bits per heavy atom. The third-order valence-electron chi connectivity index (χ3n) is 6.70. The second kappa shape index (κ2) is 17.6. The predicted molar refractivity (Wildman–Crippen MR) is 160 cm³/mol. The number of nitrogens with one attached hydrogen (secondary N) is 2. The first-order valence-corrected chi connectivity index (χ1v) is 14.8. The number of alkyl carbamates (subject to hydrolysis) is 1. The van der Waals surface area contributed by atoms with Crippen LogP contribution in [0.1, 0.15) is 80.8 Å². The highest BCUT2D eigenvalue weighted by Gasteiger charge is 2.31. The minimum atomic E-state index is -0.397. The monoisotopic (exact) mass is 602 g/mol. The summed E-state index contributed by atoms with van der Waals surface area (Å²) in [4.78, 5) is 25.6. The van der Waals surface area contributed by atoms with Gasteiger partial charge in [0.15, 0.2) is 0 Å². The lowest BCUT2D eigenvalue weighted by Gasteiger charge is -2.14. The number of terminal acetylenes is 1. The van der Waals surface area contributed by atoms with Crippen molar-refractivity contribution in [3.8, 4) is 12.3 Å². The van der Waals surface area contributed by atoms with Gasteiger partial charge in [-0.15, -0.1) is 6.42 Å². The molecule has 1 aliphatic rings. The summed E-state index contributed by atoms with van der Waals surface area (Å²) in [5, 5.41) is 15.2. The molecule has 0 spiro atoms. The predicted octanol–water partition coefficient (Wildman–Crippen LogP) is 3.51. The molecule has 0 bridgehead atoms. The first-order chi connectivity index (χ1) is 20.7. The number of ether oxygens (including phenoxy) is 5. The molecule has 1 saturated carbocycles. The maximum atomic E-state index is 13.5. The Kier molecular flexibility index (Phi) is 14.0. The fourth-order valence-electron chi connectivity index (χ4n) is 4.78. The molecular formula is C30H46N6O7. The van der Waals surface area contributed by atoms with Crippen molar-refractivity contribution in [2.24, 2.45) is 0 Å². The first-order valence-electron chi connectivity index (χ1n) is 14.8. The highest BCUT2D eigenvalue weighted by molar-refractivity contribution is 6.02. The zero-order valence-corrected chi connectivity index (χ0v) is 26.0. The molecule has 13 nitrogen and oxygen atoms in total. The lowest BCUT2D eigenvalue weighted by molar-refractivity contribution is 0.0181. The normalized spacial score (nSPS) is 16.5. The van der Waals surface area contributed by atoms with Crippen molar-refractivity contribution in [1.29, 1.82) is 0 Å². The highest BCUT2D eigenvalue weighted by Crippen LogP contribution is 2.37. The first kappa shape index (κ1) is 34.1. The maximum absolute atomic E-state index is 13.5. The van der Waals surface area contributed by atoms with Crippen LogP contribution in [0.5, 0.6) is 0 Å². The Morgan fingerprint density at radius 3 is 2.44 bits per heavy atom. The molecule has 3 rings (SSSR count). The number of anilines is 1. The molecule has 2 aromatic rings. The smallest absolute Gasteiger partial charge is 0.407 e. The zero-order chi connectivity index (χ0) is 31.2. The van der Waals surface area contributed by atoms with Crippen molar-refractivity contribution >= 4 is 17.8 Å². The van der Waals surface area contributed by atoms with Gasteiger partial charge in [-0.1, -0.05) is 5.92 Å². The lowest BCUT2D eigenvalue weighted by Crippen LogP contribution is -2.33. The molecule has 0 saturated heterocycles. The van der Waals surface area contributed by atoms with Crippen LogP contribution >= 0.6 is 0 Å². The summed E-state index contributed by atoms with van der Waals surface area (Å²) in [5.41, 5.74) is 1.90. The molecular weight excluding hydrogens is 556 g/mol. The largest absolute Gasteiger partial charge is 0.446 e. The summed E-state index contributed by atoms with van der Waals surface area (Å²) < 4.78 is 30.5. The lowest BCUT2D eigenvalue weighted by atomic mass is 10.0. The number of nitrogens with zero attached hydrogens (tertiary/aromatic N) is 4. The van der Waals surface area contributed by atoms with Crippen LogP contribution in [-0.4, -0.2) is 90.5 Å². The van der Waals surface area contributed by atoms with Gasteiger partial charge in [0.05, 0.1) is 57.6 Å². The molecule has 2 amide bonds. The van der Waals surface area contributed by atoms with Gasteiger partial charge in [0.2, 0.25) is 0 Å². The van der Waals surface area contributed by atoms with Crippen molar-refractivity contribution in [3.05, 3.63) is 29.2 Å². The van der Waals surface area contributed by atoms with Crippen molar-refractivity contribution < 1.29 is 33.3 Å². The van der Waals surface area contributed by atoms with E-state index in [4.69, 9.17) is 35.2 Å². The number of amides is 2. The second-order valence-corrected chi connectivity index (χ2v) is 10.9. The Balaban J connectivity index is 1.59. The Bertz CT molecular complexity index is 1200. The number of hydrogen-bond acceptors (Lipinski definition) is 9. The van der Waals surface area contributed by atoms with E-state index in [2.05, 4.69) is 21.7 Å². The van der Waals surface area contributed by atoms with Gasteiger partial charge in [-0.2, -0.15) is 10.2 Å². The third-order valence-corrected chi connectivity index (χ3v) is 6.70. The molecule has 2 aromatic heterocycles. The van der Waals surface area contributed by atoms with Crippen LogP contribution in [0.25, 0.3) is 0 Å². The molecule has 13 heteroatoms. The Hall–Kier alpha value is -3.44. The van der Waals surface area contributed by atoms with Crippen LogP contribution in [-0.2, 0) is 36.8 Å². The zero-order valence-electron chi connectivity index (χ0n) is 26.0. The van der Waals surface area contributed by atoms with Gasteiger partial charge in [-0.25, -0.2) is 9.48 Å². The topological polar surface area (TPSA) is 140 Å². The molecule has 1 aliphatic carbocycles. The van der Waals surface area contributed by atoms with E-state index >= 15 is 0 Å². The van der Waals surface area contributed by atoms with Gasteiger partial charge >= 0.3 is 6.09 Å². The summed E-state index contributed by atoms with van der Waals surface area (Å²) in [6.07, 6.45) is 6.87. The van der Waals surface area contributed by atoms with E-state index < -0.39 is 6.09 Å². The molecule has 0 aliphatic heterocycles. The SMILES string of the molecule is C#CCOCCOCCOCCn1nc(COC)cc1C(=O)Nc1cc([C@H]2CC[C@@H](OC(=O)NC(C)C)C2)nn1C(C)C. The standard InChI is InChI=1S/C30H46N6O7/c1-7-11-40-13-15-42-16-14-41-12-10-35-27(18-24(33-35)20-39-6)29(37)32-28-19-26(34-36(28)22(4)5)23-8-9-25(17-23)43-30(38)31-21(2)3/h1,18-19,21-23,25H,8-17,20H2,2-6H3,(H,31,38)(H,32,37)/t23-,25+/m0/s1. The van der Waals surface area contributed by atoms with Gasteiger partial charge in [-0.05, 0) is 53.0 Å². The second-order valence-electron chi connectivity index (χ2n) is 10.9. The number of rotatable bonds is 18.